The van der Waals surface area contributed by atoms with Gasteiger partial charge >= 0.3 is 0 Å². The fourth-order valence-corrected chi connectivity index (χ4v) is 2.26. The molecular weight excluding hydrogens is 228 g/mol. The van der Waals surface area contributed by atoms with E-state index in [1.54, 1.807) is 11.3 Å². The molecule has 0 saturated heterocycles. The summed E-state index contributed by atoms with van der Waals surface area (Å²) in [5.74, 6) is 0. The molecule has 0 unspecified atom stereocenters. The smallest absolute Gasteiger partial charge is 0.195 e. The number of imidazole rings is 1. The summed E-state index contributed by atoms with van der Waals surface area (Å²) in [6, 6.07) is 0. The molecule has 0 bridgehead atoms. The number of rotatable bonds is 1. The Morgan fingerprint density at radius 3 is 3.09 bits per heavy atom. The van der Waals surface area contributed by atoms with Crippen molar-refractivity contribution in [1.29, 1.82) is 0 Å². The normalized spacial score (nSPS) is 11.1. The summed E-state index contributed by atoms with van der Waals surface area (Å²) < 4.78 is 2.94. The van der Waals surface area contributed by atoms with Crippen LogP contribution in [0.25, 0.3) is 4.96 Å². The van der Waals surface area contributed by atoms with E-state index in [1.807, 2.05) is 16.8 Å². The van der Waals surface area contributed by atoms with E-state index in [2.05, 4.69) is 20.9 Å². The molecule has 0 amide bonds. The molecule has 0 radical (unpaired) electrons. The molecule has 0 fully saturated rings. The average Bonchev–Trinajstić information content (AvgIpc) is 2.43. The Kier molecular flexibility index (Phi) is 1.71. The second kappa shape index (κ2) is 2.58. The predicted molar refractivity (Wildman–Crippen MR) is 46.7 cm³/mol. The number of thiazole rings is 1. The molecule has 3 nitrogen and oxygen atoms in total. The molecule has 2 aromatic rings. The molecule has 0 aliphatic rings. The van der Waals surface area contributed by atoms with Crippen molar-refractivity contribution in [2.75, 3.05) is 0 Å². The molecule has 5 heteroatoms. The second-order valence-electron chi connectivity index (χ2n) is 2.12. The van der Waals surface area contributed by atoms with Crippen LogP contribution in [0.4, 0.5) is 0 Å². The maximum atomic E-state index is 8.74. The molecule has 0 aromatic carbocycles. The molecule has 0 atom stereocenters. The molecule has 11 heavy (non-hydrogen) atoms. The Morgan fingerprint density at radius 1 is 1.64 bits per heavy atom. The van der Waals surface area contributed by atoms with Gasteiger partial charge < -0.3 is 5.11 Å². The van der Waals surface area contributed by atoms with Crippen LogP contribution in [0.1, 0.15) is 5.69 Å². The lowest BCUT2D eigenvalue weighted by Gasteiger charge is -1.80. The van der Waals surface area contributed by atoms with Gasteiger partial charge in [-0.3, -0.25) is 4.40 Å². The van der Waals surface area contributed by atoms with Crippen LogP contribution < -0.4 is 0 Å². The third-order valence-corrected chi connectivity index (χ3v) is 2.82. The fraction of sp³-hybridized carbons (Fsp3) is 0.167. The number of nitrogens with zero attached hydrogens (tertiary/aromatic N) is 2. The van der Waals surface area contributed by atoms with E-state index in [-0.39, 0.29) is 6.61 Å². The third-order valence-electron chi connectivity index (χ3n) is 1.34. The van der Waals surface area contributed by atoms with Gasteiger partial charge in [0.1, 0.15) is 0 Å². The van der Waals surface area contributed by atoms with Crippen LogP contribution >= 0.6 is 27.3 Å². The minimum Gasteiger partial charge on any atom is -0.390 e. The maximum Gasteiger partial charge on any atom is 0.195 e. The summed E-state index contributed by atoms with van der Waals surface area (Å²) in [7, 11) is 0. The van der Waals surface area contributed by atoms with Crippen molar-refractivity contribution < 1.29 is 5.11 Å². The highest BCUT2D eigenvalue weighted by Gasteiger charge is 2.02. The summed E-state index contributed by atoms with van der Waals surface area (Å²) in [6.45, 7) is 0.00597. The van der Waals surface area contributed by atoms with Gasteiger partial charge in [0.05, 0.1) is 16.1 Å². The van der Waals surface area contributed by atoms with Gasteiger partial charge in [-0.15, -0.1) is 0 Å². The molecule has 2 rings (SSSR count). The van der Waals surface area contributed by atoms with Crippen LogP contribution in [0.15, 0.2) is 16.2 Å². The van der Waals surface area contributed by atoms with Gasteiger partial charge in [0.25, 0.3) is 0 Å². The van der Waals surface area contributed by atoms with Gasteiger partial charge in [-0.2, -0.15) is 0 Å². The first-order valence-corrected chi connectivity index (χ1v) is 4.64. The predicted octanol–water partition coefficient (Wildman–Crippen LogP) is 1.65. The summed E-state index contributed by atoms with van der Waals surface area (Å²) >= 11 is 4.89. The zero-order valence-electron chi connectivity index (χ0n) is 5.49. The van der Waals surface area contributed by atoms with Crippen molar-refractivity contribution in [2.45, 2.75) is 6.61 Å². The van der Waals surface area contributed by atoms with Gasteiger partial charge in [0, 0.05) is 12.4 Å². The second-order valence-corrected chi connectivity index (χ2v) is 4.50. The number of hydrogen-bond donors (Lipinski definition) is 1. The zero-order chi connectivity index (χ0) is 7.84. The number of aliphatic hydroxyl groups is 1. The molecule has 0 aliphatic carbocycles. The summed E-state index contributed by atoms with van der Waals surface area (Å²) in [5.41, 5.74) is 0.712. The average molecular weight is 233 g/mol. The largest absolute Gasteiger partial charge is 0.390 e. The van der Waals surface area contributed by atoms with Crippen molar-refractivity contribution >= 4 is 32.2 Å². The highest BCUT2D eigenvalue weighted by atomic mass is 79.9. The van der Waals surface area contributed by atoms with Gasteiger partial charge in [0.2, 0.25) is 0 Å². The monoisotopic (exact) mass is 232 g/mol. The third kappa shape index (κ3) is 1.19. The minimum absolute atomic E-state index is 0.00597. The van der Waals surface area contributed by atoms with E-state index in [0.29, 0.717) is 5.69 Å². The van der Waals surface area contributed by atoms with E-state index in [9.17, 15) is 0 Å². The Morgan fingerprint density at radius 2 is 2.45 bits per heavy atom. The number of aromatic nitrogens is 2. The molecule has 2 aromatic heterocycles. The van der Waals surface area contributed by atoms with Crippen LogP contribution in [0, 0.1) is 0 Å². The standard InChI is InChI=1S/C6H5BrN2OS/c7-5-2-9-1-4(3-10)8-6(9)11-5/h1-2,10H,3H2. The first kappa shape index (κ1) is 7.27. The molecule has 0 saturated carbocycles. The van der Waals surface area contributed by atoms with Gasteiger partial charge in [-0.25, -0.2) is 4.98 Å². The number of halogens is 1. The first-order chi connectivity index (χ1) is 5.29. The van der Waals surface area contributed by atoms with Gasteiger partial charge in [-0.05, 0) is 15.9 Å². The highest BCUT2D eigenvalue weighted by molar-refractivity contribution is 9.11. The lowest BCUT2D eigenvalue weighted by Crippen LogP contribution is -1.79. The van der Waals surface area contributed by atoms with Crippen LogP contribution in [0.3, 0.4) is 0 Å². The van der Waals surface area contributed by atoms with Crippen molar-refractivity contribution in [2.24, 2.45) is 0 Å². The van der Waals surface area contributed by atoms with Gasteiger partial charge in [-0.1, -0.05) is 11.3 Å². The van der Waals surface area contributed by atoms with E-state index in [4.69, 9.17) is 5.11 Å². The minimum atomic E-state index is 0.00597. The molecule has 0 aliphatic heterocycles. The lowest BCUT2D eigenvalue weighted by atomic mass is 10.5. The quantitative estimate of drug-likeness (QED) is 0.813. The zero-order valence-corrected chi connectivity index (χ0v) is 7.89. The van der Waals surface area contributed by atoms with E-state index >= 15 is 0 Å². The Balaban J connectivity index is 2.64. The summed E-state index contributed by atoms with van der Waals surface area (Å²) in [5, 5.41) is 8.74. The Hall–Kier alpha value is -0.390. The van der Waals surface area contributed by atoms with E-state index in [1.165, 1.54) is 0 Å². The number of aliphatic hydroxyl groups excluding tert-OH is 1. The lowest BCUT2D eigenvalue weighted by molar-refractivity contribution is 0.277. The van der Waals surface area contributed by atoms with Crippen LogP contribution in [0.5, 0.6) is 0 Å². The van der Waals surface area contributed by atoms with Crippen LogP contribution in [0.2, 0.25) is 0 Å². The topological polar surface area (TPSA) is 37.5 Å². The molecule has 0 spiro atoms. The molecule has 2 heterocycles. The van der Waals surface area contributed by atoms with Crippen LogP contribution in [-0.2, 0) is 6.61 Å². The molecular formula is C6H5BrN2OS. The van der Waals surface area contributed by atoms with Gasteiger partial charge in [0.15, 0.2) is 4.96 Å². The Labute approximate surface area is 75.4 Å². The fourth-order valence-electron chi connectivity index (χ4n) is 0.892. The summed E-state index contributed by atoms with van der Waals surface area (Å²) in [4.78, 5) is 5.06. The summed E-state index contributed by atoms with van der Waals surface area (Å²) in [6.07, 6.45) is 3.74. The van der Waals surface area contributed by atoms with E-state index < -0.39 is 0 Å². The molecule has 1 N–H and O–H groups in total. The van der Waals surface area contributed by atoms with Crippen molar-refractivity contribution in [3.8, 4) is 0 Å². The first-order valence-electron chi connectivity index (χ1n) is 3.03. The number of fused-ring (bicyclic) bond motifs is 1. The van der Waals surface area contributed by atoms with Crippen molar-refractivity contribution in [1.82, 2.24) is 9.38 Å². The SMILES string of the molecule is OCc1cn2cc(Br)sc2n1. The van der Waals surface area contributed by atoms with Crippen molar-refractivity contribution in [3.05, 3.63) is 21.9 Å². The highest BCUT2D eigenvalue weighted by Crippen LogP contribution is 2.22. The van der Waals surface area contributed by atoms with E-state index in [0.717, 1.165) is 8.75 Å². The van der Waals surface area contributed by atoms with Crippen molar-refractivity contribution in [3.63, 3.8) is 0 Å². The molecule has 58 valence electrons. The number of hydrogen-bond acceptors (Lipinski definition) is 3. The Bertz CT molecular complexity index is 349. The van der Waals surface area contributed by atoms with Crippen LogP contribution in [-0.4, -0.2) is 14.5 Å². The maximum absolute atomic E-state index is 8.74.